The third kappa shape index (κ3) is 3.52. The zero-order valence-electron chi connectivity index (χ0n) is 12.6. The summed E-state index contributed by atoms with van der Waals surface area (Å²) in [7, 11) is 0. The van der Waals surface area contributed by atoms with Crippen LogP contribution in [0.25, 0.3) is 0 Å². The van der Waals surface area contributed by atoms with Gasteiger partial charge in [0.25, 0.3) is 0 Å². The summed E-state index contributed by atoms with van der Waals surface area (Å²) in [5.74, 6) is 0.654. The first-order chi connectivity index (χ1) is 8.87. The second-order valence-corrected chi connectivity index (χ2v) is 5.70. The molecule has 1 unspecified atom stereocenters. The van der Waals surface area contributed by atoms with Crippen LogP contribution in [0, 0.1) is 0 Å². The Labute approximate surface area is 115 Å². The zero-order chi connectivity index (χ0) is 14.6. The fraction of sp³-hybridized carbons (Fsp3) is 0.688. The van der Waals surface area contributed by atoms with E-state index >= 15 is 0 Å². The minimum atomic E-state index is -1.94. The molecule has 108 valence electrons. The molecule has 0 fully saturated rings. The van der Waals surface area contributed by atoms with Gasteiger partial charge in [0.15, 0.2) is 5.67 Å². The predicted octanol–water partition coefficient (Wildman–Crippen LogP) is 5.26. The molecular weight excluding hydrogens is 244 g/mol. The van der Waals surface area contributed by atoms with E-state index in [-0.39, 0.29) is 5.92 Å². The standard InChI is InChI=1S/C16H25F2N/c1-6-12(7-2)15-14(11(3)4)8-13(9-19-15)16(5,18)10-17/h8-9,11-12H,6-7,10H2,1-5H3. The van der Waals surface area contributed by atoms with Gasteiger partial charge in [-0.05, 0) is 37.3 Å². The summed E-state index contributed by atoms with van der Waals surface area (Å²) < 4.78 is 26.9. The molecule has 1 nitrogen and oxygen atoms in total. The number of rotatable bonds is 6. The van der Waals surface area contributed by atoms with Crippen molar-refractivity contribution in [3.63, 3.8) is 0 Å². The van der Waals surface area contributed by atoms with Gasteiger partial charge in [0.1, 0.15) is 6.67 Å². The van der Waals surface area contributed by atoms with Crippen LogP contribution in [0.1, 0.15) is 76.1 Å². The first-order valence-corrected chi connectivity index (χ1v) is 7.12. The highest BCUT2D eigenvalue weighted by molar-refractivity contribution is 5.33. The second kappa shape index (κ2) is 6.44. The summed E-state index contributed by atoms with van der Waals surface area (Å²) >= 11 is 0. The molecule has 0 N–H and O–H groups in total. The Bertz CT molecular complexity index is 409. The van der Waals surface area contributed by atoms with Crippen molar-refractivity contribution in [3.05, 3.63) is 29.1 Å². The Hall–Kier alpha value is -0.990. The van der Waals surface area contributed by atoms with Gasteiger partial charge in [-0.1, -0.05) is 27.7 Å². The summed E-state index contributed by atoms with van der Waals surface area (Å²) in [4.78, 5) is 4.45. The molecule has 0 saturated heterocycles. The topological polar surface area (TPSA) is 12.9 Å². The van der Waals surface area contributed by atoms with E-state index in [1.165, 1.54) is 13.1 Å². The number of hydrogen-bond acceptors (Lipinski definition) is 1. The van der Waals surface area contributed by atoms with Gasteiger partial charge in [-0.3, -0.25) is 4.98 Å². The van der Waals surface area contributed by atoms with E-state index in [4.69, 9.17) is 0 Å². The lowest BCUT2D eigenvalue weighted by molar-refractivity contribution is 0.142. The molecule has 1 aromatic rings. The number of nitrogens with zero attached hydrogens (tertiary/aromatic N) is 1. The maximum absolute atomic E-state index is 14.1. The first-order valence-electron chi connectivity index (χ1n) is 7.12. The van der Waals surface area contributed by atoms with E-state index in [0.29, 0.717) is 11.5 Å². The van der Waals surface area contributed by atoms with Crippen LogP contribution in [-0.4, -0.2) is 11.7 Å². The quantitative estimate of drug-likeness (QED) is 0.686. The Kier molecular flexibility index (Phi) is 5.45. The van der Waals surface area contributed by atoms with Crippen molar-refractivity contribution in [1.29, 1.82) is 0 Å². The van der Waals surface area contributed by atoms with Crippen LogP contribution >= 0.6 is 0 Å². The van der Waals surface area contributed by atoms with Gasteiger partial charge >= 0.3 is 0 Å². The van der Waals surface area contributed by atoms with E-state index in [9.17, 15) is 8.78 Å². The van der Waals surface area contributed by atoms with Crippen LogP contribution in [0.4, 0.5) is 8.78 Å². The van der Waals surface area contributed by atoms with Gasteiger partial charge < -0.3 is 0 Å². The Morgan fingerprint density at radius 1 is 1.26 bits per heavy atom. The van der Waals surface area contributed by atoms with Gasteiger partial charge in [-0.25, -0.2) is 8.78 Å². The maximum atomic E-state index is 14.1. The summed E-state index contributed by atoms with van der Waals surface area (Å²) in [6.45, 7) is 8.65. The number of aromatic nitrogens is 1. The van der Waals surface area contributed by atoms with Gasteiger partial charge in [0, 0.05) is 23.4 Å². The molecule has 1 heterocycles. The smallest absolute Gasteiger partial charge is 0.162 e. The van der Waals surface area contributed by atoms with Gasteiger partial charge in [0.2, 0.25) is 0 Å². The summed E-state index contributed by atoms with van der Waals surface area (Å²) in [5, 5.41) is 0. The number of alkyl halides is 2. The molecule has 0 radical (unpaired) electrons. The highest BCUT2D eigenvalue weighted by Crippen LogP contribution is 2.33. The predicted molar refractivity (Wildman–Crippen MR) is 76.1 cm³/mol. The molecule has 0 aliphatic heterocycles. The Morgan fingerprint density at radius 3 is 2.26 bits per heavy atom. The molecule has 0 aromatic carbocycles. The summed E-state index contributed by atoms with van der Waals surface area (Å²) in [6, 6.07) is 1.80. The van der Waals surface area contributed by atoms with Crippen molar-refractivity contribution in [3.8, 4) is 0 Å². The summed E-state index contributed by atoms with van der Waals surface area (Å²) in [5.41, 5.74) is 0.485. The van der Waals surface area contributed by atoms with Crippen molar-refractivity contribution in [2.45, 2.75) is 65.0 Å². The molecule has 0 spiro atoms. The van der Waals surface area contributed by atoms with E-state index in [0.717, 1.165) is 24.1 Å². The van der Waals surface area contributed by atoms with E-state index < -0.39 is 12.3 Å². The van der Waals surface area contributed by atoms with Crippen molar-refractivity contribution >= 4 is 0 Å². The van der Waals surface area contributed by atoms with Crippen LogP contribution in [0.2, 0.25) is 0 Å². The third-order valence-corrected chi connectivity index (χ3v) is 3.80. The molecule has 1 atom stereocenters. The lowest BCUT2D eigenvalue weighted by Gasteiger charge is -2.23. The Morgan fingerprint density at radius 2 is 1.84 bits per heavy atom. The van der Waals surface area contributed by atoms with E-state index in [1.54, 1.807) is 6.07 Å². The third-order valence-electron chi connectivity index (χ3n) is 3.80. The molecule has 1 rings (SSSR count). The number of halogens is 2. The fourth-order valence-electron chi connectivity index (χ4n) is 2.33. The van der Waals surface area contributed by atoms with Crippen LogP contribution in [0.15, 0.2) is 12.3 Å². The average molecular weight is 269 g/mol. The molecule has 0 aliphatic rings. The van der Waals surface area contributed by atoms with E-state index in [2.05, 4.69) is 32.7 Å². The lowest BCUT2D eigenvalue weighted by atomic mass is 9.87. The largest absolute Gasteiger partial charge is 0.260 e. The van der Waals surface area contributed by atoms with Gasteiger partial charge in [0.05, 0.1) is 0 Å². The highest BCUT2D eigenvalue weighted by atomic mass is 19.2. The van der Waals surface area contributed by atoms with Gasteiger partial charge in [-0.15, -0.1) is 0 Å². The minimum absolute atomic E-state index is 0.262. The normalized spacial score (nSPS) is 15.0. The molecule has 1 aromatic heterocycles. The molecule has 3 heteroatoms. The van der Waals surface area contributed by atoms with Crippen molar-refractivity contribution in [2.24, 2.45) is 0 Å². The highest BCUT2D eigenvalue weighted by Gasteiger charge is 2.28. The van der Waals surface area contributed by atoms with Crippen molar-refractivity contribution in [2.75, 3.05) is 6.67 Å². The van der Waals surface area contributed by atoms with Crippen LogP contribution in [0.3, 0.4) is 0 Å². The van der Waals surface area contributed by atoms with Crippen LogP contribution < -0.4 is 0 Å². The molecule has 0 saturated carbocycles. The zero-order valence-corrected chi connectivity index (χ0v) is 12.6. The van der Waals surface area contributed by atoms with Gasteiger partial charge in [-0.2, -0.15) is 0 Å². The molecule has 0 bridgehead atoms. The molecule has 0 aliphatic carbocycles. The maximum Gasteiger partial charge on any atom is 0.162 e. The van der Waals surface area contributed by atoms with Crippen LogP contribution in [-0.2, 0) is 5.67 Å². The SMILES string of the molecule is CCC(CC)c1ncc(C(C)(F)CF)cc1C(C)C. The lowest BCUT2D eigenvalue weighted by Crippen LogP contribution is -2.19. The minimum Gasteiger partial charge on any atom is -0.260 e. The Balaban J connectivity index is 3.30. The van der Waals surface area contributed by atoms with E-state index in [1.807, 2.05) is 0 Å². The fourth-order valence-corrected chi connectivity index (χ4v) is 2.33. The average Bonchev–Trinajstić information content (AvgIpc) is 2.40. The number of pyridine rings is 1. The van der Waals surface area contributed by atoms with Crippen LogP contribution in [0.5, 0.6) is 0 Å². The van der Waals surface area contributed by atoms with Crippen molar-refractivity contribution in [1.82, 2.24) is 4.98 Å². The number of hydrogen-bond donors (Lipinski definition) is 0. The van der Waals surface area contributed by atoms with Crippen molar-refractivity contribution < 1.29 is 8.78 Å². The molecule has 0 amide bonds. The molecular formula is C16H25F2N. The summed E-state index contributed by atoms with van der Waals surface area (Å²) in [6.07, 6.45) is 3.52. The second-order valence-electron chi connectivity index (χ2n) is 5.70. The first kappa shape index (κ1) is 16.1. The molecule has 19 heavy (non-hydrogen) atoms. The monoisotopic (exact) mass is 269 g/mol.